The zero-order chi connectivity index (χ0) is 39.3. The predicted molar refractivity (Wildman–Crippen MR) is 217 cm³/mol. The molecule has 11 nitrogen and oxygen atoms in total. The Bertz CT molecular complexity index is 1630. The number of ether oxygens (including phenoxy) is 5. The van der Waals surface area contributed by atoms with Crippen molar-refractivity contribution in [2.24, 2.45) is 22.9 Å². The van der Waals surface area contributed by atoms with Crippen LogP contribution in [0.2, 0.25) is 0 Å². The van der Waals surface area contributed by atoms with E-state index in [1.54, 1.807) is 36.7 Å². The van der Waals surface area contributed by atoms with Gasteiger partial charge < -0.3 is 43.6 Å². The van der Waals surface area contributed by atoms with E-state index in [0.29, 0.717) is 38.2 Å². The number of carbonyl (C=O) groups is 1. The van der Waals surface area contributed by atoms with Crippen molar-refractivity contribution in [3.8, 4) is 11.5 Å². The molecule has 1 saturated heterocycles. The lowest BCUT2D eigenvalue weighted by Gasteiger charge is -2.59. The molecule has 2 N–H and O–H groups in total. The number of benzene rings is 2. The molecule has 2 aliphatic heterocycles. The van der Waals surface area contributed by atoms with Crippen molar-refractivity contribution in [3.63, 3.8) is 0 Å². The van der Waals surface area contributed by atoms with Crippen molar-refractivity contribution in [2.75, 3.05) is 52.4 Å². The molecule has 2 aromatic rings. The van der Waals surface area contributed by atoms with Gasteiger partial charge in [-0.15, -0.1) is 18.3 Å². The summed E-state index contributed by atoms with van der Waals surface area (Å²) in [6.45, 7) is 7.59. The number of oxime groups is 1. The summed E-state index contributed by atoms with van der Waals surface area (Å²) >= 11 is 1.75. The van der Waals surface area contributed by atoms with Gasteiger partial charge in [-0.1, -0.05) is 48.3 Å². The van der Waals surface area contributed by atoms with Crippen LogP contribution in [0.15, 0.2) is 82.9 Å². The van der Waals surface area contributed by atoms with Crippen LogP contribution in [0.4, 0.5) is 4.79 Å². The number of hydrogen-bond donors (Lipinski definition) is 2. The van der Waals surface area contributed by atoms with Gasteiger partial charge in [0.25, 0.3) is 0 Å². The molecule has 1 unspecified atom stereocenters. The maximum absolute atomic E-state index is 13.6. The van der Waals surface area contributed by atoms with Gasteiger partial charge in [-0.05, 0) is 93.2 Å². The van der Waals surface area contributed by atoms with E-state index in [1.165, 1.54) is 4.90 Å². The number of carbonyl (C=O) groups excluding carboxylic acids is 1. The minimum Gasteiger partial charge on any atom is -0.493 e. The molecule has 56 heavy (non-hydrogen) atoms. The van der Waals surface area contributed by atoms with Crippen LogP contribution in [-0.2, 0) is 19.0 Å². The van der Waals surface area contributed by atoms with Gasteiger partial charge in [0.1, 0.15) is 17.5 Å². The third-order valence-corrected chi connectivity index (χ3v) is 12.4. The minimum absolute atomic E-state index is 0.114. The Labute approximate surface area is 336 Å². The van der Waals surface area contributed by atoms with Crippen molar-refractivity contribution in [3.05, 3.63) is 78.4 Å². The van der Waals surface area contributed by atoms with Crippen LogP contribution in [0.5, 0.6) is 11.5 Å². The number of aliphatic hydroxyl groups is 2. The van der Waals surface area contributed by atoms with Gasteiger partial charge in [-0.3, -0.25) is 0 Å². The van der Waals surface area contributed by atoms with Crippen molar-refractivity contribution in [1.82, 2.24) is 4.90 Å². The maximum atomic E-state index is 13.6. The summed E-state index contributed by atoms with van der Waals surface area (Å²) < 4.78 is 32.0. The monoisotopic (exact) mass is 792 g/mol. The van der Waals surface area contributed by atoms with E-state index in [9.17, 15) is 15.0 Å². The van der Waals surface area contributed by atoms with Crippen LogP contribution >= 0.6 is 11.8 Å². The Morgan fingerprint density at radius 2 is 1.89 bits per heavy atom. The molecule has 2 aromatic carbocycles. The molecule has 0 radical (unpaired) electrons. The number of nitrogens with zero attached hydrogens (tertiary/aromatic N) is 2. The molecule has 2 fully saturated rings. The molecule has 2 aliphatic carbocycles. The van der Waals surface area contributed by atoms with E-state index in [4.69, 9.17) is 33.7 Å². The summed E-state index contributed by atoms with van der Waals surface area (Å²) in [4.78, 5) is 22.6. The first-order chi connectivity index (χ1) is 27.4. The molecule has 306 valence electrons. The fraction of sp³-hybridized carbons (Fsp3) is 0.591. The maximum Gasteiger partial charge on any atom is 0.409 e. The van der Waals surface area contributed by atoms with Gasteiger partial charge in [0.2, 0.25) is 12.1 Å². The summed E-state index contributed by atoms with van der Waals surface area (Å²) in [5.74, 6) is 0.584. The molecule has 2 heterocycles. The van der Waals surface area contributed by atoms with Crippen LogP contribution < -0.4 is 9.47 Å². The van der Waals surface area contributed by atoms with Crippen molar-refractivity contribution >= 4 is 23.6 Å². The quantitative estimate of drug-likeness (QED) is 0.0588. The fourth-order valence-electron chi connectivity index (χ4n) is 8.92. The van der Waals surface area contributed by atoms with E-state index >= 15 is 0 Å². The summed E-state index contributed by atoms with van der Waals surface area (Å²) in [5, 5.41) is 24.6. The second kappa shape index (κ2) is 20.7. The molecule has 4 aliphatic rings. The van der Waals surface area contributed by atoms with Crippen LogP contribution in [0.3, 0.4) is 0 Å². The van der Waals surface area contributed by atoms with Gasteiger partial charge in [-0.2, -0.15) is 0 Å². The van der Waals surface area contributed by atoms with Crippen LogP contribution in [-0.4, -0.2) is 97.5 Å². The molecule has 0 bridgehead atoms. The van der Waals surface area contributed by atoms with E-state index in [2.05, 4.69) is 30.9 Å². The van der Waals surface area contributed by atoms with Crippen molar-refractivity contribution in [2.45, 2.75) is 100 Å². The van der Waals surface area contributed by atoms with Crippen LogP contribution in [0, 0.1) is 17.8 Å². The fourth-order valence-corrected chi connectivity index (χ4v) is 9.67. The molecular formula is C44H60N2O9S. The first kappa shape index (κ1) is 42.1. The Kier molecular flexibility index (Phi) is 15.6. The van der Waals surface area contributed by atoms with Crippen LogP contribution in [0.25, 0.3) is 0 Å². The second-order valence-electron chi connectivity index (χ2n) is 15.0. The third kappa shape index (κ3) is 9.76. The Morgan fingerprint density at radius 3 is 2.62 bits per heavy atom. The first-order valence-electron chi connectivity index (χ1n) is 20.5. The minimum atomic E-state index is -1.33. The Morgan fingerprint density at radius 1 is 1.09 bits per heavy atom. The number of rotatable bonds is 20. The SMILES string of the molecule is C=CCO[C@@]12Oc3ccc(OCCSc4ccccc4)cc3[C@H]3[C@H](CCCCO)[C@@H](CCCCO)C=C(C(=NOC4CCCCO4)C[C@@H]1N(C)C(=O)OCC)[C@H]32. The highest BCUT2D eigenvalue weighted by molar-refractivity contribution is 7.99. The zero-order valence-electron chi connectivity index (χ0n) is 33.0. The van der Waals surface area contributed by atoms with Gasteiger partial charge in [0.05, 0.1) is 38.1 Å². The van der Waals surface area contributed by atoms with Gasteiger partial charge >= 0.3 is 6.09 Å². The molecule has 6 rings (SSSR count). The number of aliphatic hydroxyl groups excluding tert-OH is 2. The molecule has 1 saturated carbocycles. The molecule has 0 aromatic heterocycles. The molecule has 1 amide bonds. The van der Waals surface area contributed by atoms with E-state index < -0.39 is 30.1 Å². The highest BCUT2D eigenvalue weighted by Gasteiger charge is 2.65. The lowest BCUT2D eigenvalue weighted by molar-refractivity contribution is -0.254. The number of thioether (sulfide) groups is 1. The number of fused-ring (bicyclic) bond motifs is 2. The molecular weight excluding hydrogens is 733 g/mol. The van der Waals surface area contributed by atoms with E-state index in [1.807, 2.05) is 30.3 Å². The predicted octanol–water partition coefficient (Wildman–Crippen LogP) is 8.11. The molecule has 7 atom stereocenters. The van der Waals surface area contributed by atoms with Crippen molar-refractivity contribution in [1.29, 1.82) is 0 Å². The summed E-state index contributed by atoms with van der Waals surface area (Å²) in [6, 6.07) is 15.7. The number of allylic oxidation sites excluding steroid dienone is 1. The number of unbranched alkanes of at least 4 members (excludes halogenated alkanes) is 2. The average Bonchev–Trinajstić information content (AvgIpc) is 3.22. The topological polar surface area (TPSA) is 129 Å². The Hall–Kier alpha value is -3.55. The summed E-state index contributed by atoms with van der Waals surface area (Å²) in [7, 11) is 1.73. The Balaban J connectivity index is 1.47. The first-order valence-corrected chi connectivity index (χ1v) is 21.5. The molecule has 0 spiro atoms. The van der Waals surface area contributed by atoms with Gasteiger partial charge in [0.15, 0.2) is 0 Å². The highest BCUT2D eigenvalue weighted by atomic mass is 32.2. The van der Waals surface area contributed by atoms with Gasteiger partial charge in [0, 0.05) is 55.2 Å². The lowest BCUT2D eigenvalue weighted by Crippen LogP contribution is -2.69. The largest absolute Gasteiger partial charge is 0.493 e. The summed E-state index contributed by atoms with van der Waals surface area (Å²) in [6.07, 6.45) is 11.0. The van der Waals surface area contributed by atoms with Crippen LogP contribution in [0.1, 0.15) is 82.6 Å². The average molecular weight is 793 g/mol. The third-order valence-electron chi connectivity index (χ3n) is 11.5. The lowest BCUT2D eigenvalue weighted by atomic mass is 9.55. The number of hydrogen-bond acceptors (Lipinski definition) is 11. The molecule has 12 heteroatoms. The number of amides is 1. The highest BCUT2D eigenvalue weighted by Crippen LogP contribution is 2.61. The summed E-state index contributed by atoms with van der Waals surface area (Å²) in [5.41, 5.74) is 2.72. The standard InChI is InChI=1S/C44H60N2O9S/c1-4-24-53-44-39(46(3)43(49)50-5-2)30-37(45-55-40-19-11-14-25-52-40)35-28-31(15-9-12-22-47)34(18-10-13-23-48)41(42(35)44)36-29-32(20-21-38(36)54-44)51-26-27-56-33-16-7-6-8-17-33/h4,6-8,16-17,20-21,28-29,31,34,39-42,47-48H,1,5,9-15,18-19,22-27,30H2,2-3H3/t31-,34+,39-,40?,41+,42+,44+/m0/s1. The second-order valence-corrected chi connectivity index (χ2v) is 16.2. The van der Waals surface area contributed by atoms with Gasteiger partial charge in [-0.25, -0.2) is 4.79 Å². The normalized spacial score (nSPS) is 27.3. The van der Waals surface area contributed by atoms with E-state index in [0.717, 1.165) is 73.3 Å². The smallest absolute Gasteiger partial charge is 0.409 e. The zero-order valence-corrected chi connectivity index (χ0v) is 33.8. The van der Waals surface area contributed by atoms with Crippen molar-refractivity contribution < 1.29 is 43.5 Å². The van der Waals surface area contributed by atoms with E-state index in [-0.39, 0.29) is 44.2 Å². The number of likely N-dealkylation sites (N-methyl/N-ethyl adjacent to an activating group) is 1.